The maximum Gasteiger partial charge on any atom is 0.163 e. The van der Waals surface area contributed by atoms with Crippen LogP contribution in [0.1, 0.15) is 16.9 Å². The fourth-order valence-corrected chi connectivity index (χ4v) is 5.20. The average molecular weight is 373 g/mol. The molecule has 0 atom stereocenters. The molecule has 1 aliphatic carbocycles. The van der Waals surface area contributed by atoms with E-state index in [1.54, 1.807) is 35.5 Å². The van der Waals surface area contributed by atoms with Gasteiger partial charge in [-0.25, -0.2) is 9.97 Å². The predicted octanol–water partition coefficient (Wildman–Crippen LogP) is 4.18. The van der Waals surface area contributed by atoms with E-state index in [2.05, 4.69) is 4.98 Å². The van der Waals surface area contributed by atoms with Gasteiger partial charge < -0.3 is 4.90 Å². The summed E-state index contributed by atoms with van der Waals surface area (Å²) in [6.45, 7) is 0. The number of aryl methyl sites for hydroxylation is 2. The van der Waals surface area contributed by atoms with Gasteiger partial charge in [0.05, 0.1) is 0 Å². The number of fused-ring (bicyclic) bond motifs is 3. The maximum atomic E-state index is 5.50. The minimum atomic E-state index is 0.722. The molecule has 0 amide bonds. The van der Waals surface area contributed by atoms with E-state index >= 15 is 0 Å². The Bertz CT molecular complexity index is 918. The molecule has 0 aromatic carbocycles. The summed E-state index contributed by atoms with van der Waals surface area (Å²) in [5.74, 6) is 0.722. The van der Waals surface area contributed by atoms with Crippen molar-refractivity contribution in [3.05, 3.63) is 35.0 Å². The standard InChI is InChI=1S/C17H16N4S3/c1-21(2)17(22)24-16-13-11-6-3-7-12(11)23-15(13)19-14(20-16)10-5-4-8-18-9-10/h4-5,8-9H,3,6-7H2,1-2H3. The third-order valence-electron chi connectivity index (χ3n) is 4.00. The van der Waals surface area contributed by atoms with Gasteiger partial charge in [-0.1, -0.05) is 12.2 Å². The molecule has 0 bridgehead atoms. The van der Waals surface area contributed by atoms with E-state index in [1.165, 1.54) is 22.2 Å². The topological polar surface area (TPSA) is 41.9 Å². The molecule has 4 nitrogen and oxygen atoms in total. The van der Waals surface area contributed by atoms with Crippen LogP contribution in [0.25, 0.3) is 21.6 Å². The lowest BCUT2D eigenvalue weighted by atomic mass is 10.2. The number of aromatic nitrogens is 3. The Morgan fingerprint density at radius 2 is 2.17 bits per heavy atom. The first-order valence-corrected chi connectivity index (χ1v) is 9.79. The van der Waals surface area contributed by atoms with Crippen molar-refractivity contribution < 1.29 is 0 Å². The van der Waals surface area contributed by atoms with E-state index in [1.807, 2.05) is 31.1 Å². The molecule has 7 heteroatoms. The molecule has 0 radical (unpaired) electrons. The average Bonchev–Trinajstić information content (AvgIpc) is 3.15. The highest BCUT2D eigenvalue weighted by Gasteiger charge is 2.23. The van der Waals surface area contributed by atoms with Crippen molar-refractivity contribution in [3.63, 3.8) is 0 Å². The van der Waals surface area contributed by atoms with Crippen molar-refractivity contribution in [1.82, 2.24) is 19.9 Å². The number of thiophene rings is 1. The van der Waals surface area contributed by atoms with Crippen molar-refractivity contribution in [2.75, 3.05) is 14.1 Å². The zero-order chi connectivity index (χ0) is 16.7. The van der Waals surface area contributed by atoms with Gasteiger partial charge in [0, 0.05) is 42.3 Å². The van der Waals surface area contributed by atoms with E-state index in [9.17, 15) is 0 Å². The monoisotopic (exact) mass is 372 g/mol. The molecule has 0 spiro atoms. The van der Waals surface area contributed by atoms with Gasteiger partial charge in [-0.15, -0.1) is 11.3 Å². The van der Waals surface area contributed by atoms with E-state index in [0.29, 0.717) is 0 Å². The van der Waals surface area contributed by atoms with Crippen LogP contribution < -0.4 is 0 Å². The Hall–Kier alpha value is -1.57. The van der Waals surface area contributed by atoms with Gasteiger partial charge in [-0.05, 0) is 48.7 Å². The largest absolute Gasteiger partial charge is 0.363 e. The second-order valence-corrected chi connectivity index (χ2v) is 8.60. The van der Waals surface area contributed by atoms with Gasteiger partial charge in [-0.3, -0.25) is 4.98 Å². The molecule has 0 fully saturated rings. The second kappa shape index (κ2) is 6.38. The van der Waals surface area contributed by atoms with E-state index in [4.69, 9.17) is 22.2 Å². The lowest BCUT2D eigenvalue weighted by Crippen LogP contribution is -2.16. The van der Waals surface area contributed by atoms with Crippen molar-refractivity contribution in [1.29, 1.82) is 0 Å². The molecule has 3 aromatic heterocycles. The van der Waals surface area contributed by atoms with Crippen LogP contribution in [0.4, 0.5) is 0 Å². The summed E-state index contributed by atoms with van der Waals surface area (Å²) in [6, 6.07) is 3.91. The molecule has 0 saturated heterocycles. The predicted molar refractivity (Wildman–Crippen MR) is 105 cm³/mol. The van der Waals surface area contributed by atoms with Crippen molar-refractivity contribution in [3.8, 4) is 11.4 Å². The fraction of sp³-hybridized carbons (Fsp3) is 0.294. The third-order valence-corrected chi connectivity index (χ3v) is 6.83. The number of thioether (sulfide) groups is 1. The molecule has 0 N–H and O–H groups in total. The molecule has 3 heterocycles. The van der Waals surface area contributed by atoms with E-state index < -0.39 is 0 Å². The lowest BCUT2D eigenvalue weighted by Gasteiger charge is -2.13. The molecule has 0 unspecified atom stereocenters. The first kappa shape index (κ1) is 15.9. The minimum absolute atomic E-state index is 0.722. The van der Waals surface area contributed by atoms with Gasteiger partial charge in [-0.2, -0.15) is 0 Å². The van der Waals surface area contributed by atoms with Crippen LogP contribution in [0, 0.1) is 0 Å². The highest BCUT2D eigenvalue weighted by Crippen LogP contribution is 2.41. The SMILES string of the molecule is CN(C)C(=S)Sc1nc(-c2cccnc2)nc2sc3c(c12)CCC3. The Morgan fingerprint density at radius 3 is 2.92 bits per heavy atom. The van der Waals surface area contributed by atoms with E-state index in [0.717, 1.165) is 38.4 Å². The molecule has 0 saturated carbocycles. The van der Waals surface area contributed by atoms with Gasteiger partial charge in [0.25, 0.3) is 0 Å². The fourth-order valence-electron chi connectivity index (χ4n) is 2.83. The summed E-state index contributed by atoms with van der Waals surface area (Å²) < 4.78 is 0.810. The highest BCUT2D eigenvalue weighted by atomic mass is 32.2. The summed E-state index contributed by atoms with van der Waals surface area (Å²) in [6.07, 6.45) is 7.07. The van der Waals surface area contributed by atoms with Crippen LogP contribution in [-0.2, 0) is 12.8 Å². The first-order valence-electron chi connectivity index (χ1n) is 7.75. The van der Waals surface area contributed by atoms with Crippen LogP contribution in [0.15, 0.2) is 29.6 Å². The quantitative estimate of drug-likeness (QED) is 0.382. The number of rotatable bonds is 2. The normalized spacial score (nSPS) is 13.2. The summed E-state index contributed by atoms with van der Waals surface area (Å²) in [4.78, 5) is 18.3. The number of hydrogen-bond acceptors (Lipinski definition) is 6. The smallest absolute Gasteiger partial charge is 0.163 e. The van der Waals surface area contributed by atoms with Gasteiger partial charge >= 0.3 is 0 Å². The van der Waals surface area contributed by atoms with Crippen LogP contribution in [0.2, 0.25) is 0 Å². The van der Waals surface area contributed by atoms with Crippen molar-refractivity contribution in [2.45, 2.75) is 24.3 Å². The minimum Gasteiger partial charge on any atom is -0.363 e. The molecule has 122 valence electrons. The third kappa shape index (κ3) is 2.81. The van der Waals surface area contributed by atoms with Crippen molar-refractivity contribution >= 4 is 49.9 Å². The molecule has 4 rings (SSSR count). The number of hydrogen-bond donors (Lipinski definition) is 0. The summed E-state index contributed by atoms with van der Waals surface area (Å²) in [7, 11) is 3.93. The van der Waals surface area contributed by atoms with Crippen LogP contribution in [0.3, 0.4) is 0 Å². The summed E-state index contributed by atoms with van der Waals surface area (Å²) in [5.41, 5.74) is 2.36. The zero-order valence-corrected chi connectivity index (χ0v) is 15.9. The highest BCUT2D eigenvalue weighted by molar-refractivity contribution is 8.23. The first-order chi connectivity index (χ1) is 11.6. The molecule has 24 heavy (non-hydrogen) atoms. The van der Waals surface area contributed by atoms with Gasteiger partial charge in [0.1, 0.15) is 14.2 Å². The van der Waals surface area contributed by atoms with Crippen molar-refractivity contribution in [2.24, 2.45) is 0 Å². The number of pyridine rings is 1. The molecular formula is C17H16N4S3. The van der Waals surface area contributed by atoms with Crippen LogP contribution in [0.5, 0.6) is 0 Å². The number of nitrogens with zero attached hydrogens (tertiary/aromatic N) is 4. The van der Waals surface area contributed by atoms with Crippen LogP contribution in [-0.4, -0.2) is 38.3 Å². The van der Waals surface area contributed by atoms with Gasteiger partial charge in [0.2, 0.25) is 0 Å². The Morgan fingerprint density at radius 1 is 1.29 bits per heavy atom. The van der Waals surface area contributed by atoms with Gasteiger partial charge in [0.15, 0.2) is 5.82 Å². The van der Waals surface area contributed by atoms with E-state index in [-0.39, 0.29) is 0 Å². The second-order valence-electron chi connectivity index (χ2n) is 5.89. The van der Waals surface area contributed by atoms with Crippen LogP contribution >= 0.6 is 35.3 Å². The number of thiocarbonyl (C=S) groups is 1. The maximum absolute atomic E-state index is 5.50. The zero-order valence-electron chi connectivity index (χ0n) is 13.4. The lowest BCUT2D eigenvalue weighted by molar-refractivity contribution is 0.648. The molecular weight excluding hydrogens is 356 g/mol. The molecule has 0 aliphatic heterocycles. The summed E-state index contributed by atoms with van der Waals surface area (Å²) in [5, 5.41) is 2.17. The molecule has 3 aromatic rings. The molecule has 1 aliphatic rings. The Balaban J connectivity index is 1.90. The Labute approximate surface area is 154 Å². The Kier molecular flexibility index (Phi) is 4.24. The summed E-state index contributed by atoms with van der Waals surface area (Å²) >= 11 is 8.86.